The van der Waals surface area contributed by atoms with Crippen LogP contribution < -0.4 is 0 Å². The summed E-state index contributed by atoms with van der Waals surface area (Å²) in [5, 5.41) is 0. The lowest BCUT2D eigenvalue weighted by Crippen LogP contribution is -1.85. The molecule has 0 aromatic carbocycles. The summed E-state index contributed by atoms with van der Waals surface area (Å²) in [7, 11) is 0. The SMILES string of the molecule is C=C(/C=C(\C)C(=C)CCC)CCC. The average molecular weight is 178 g/mol. The fourth-order valence-corrected chi connectivity index (χ4v) is 1.30. The maximum absolute atomic E-state index is 4.05. The second-order valence-corrected chi connectivity index (χ2v) is 3.59. The van der Waals surface area contributed by atoms with Crippen LogP contribution in [0, 0.1) is 0 Å². The van der Waals surface area contributed by atoms with Gasteiger partial charge in [0.25, 0.3) is 0 Å². The smallest absolute Gasteiger partial charge is 0.0285 e. The number of allylic oxidation sites excluding steroid dienone is 4. The van der Waals surface area contributed by atoms with E-state index < -0.39 is 0 Å². The molecule has 0 spiro atoms. The second kappa shape index (κ2) is 6.71. The van der Waals surface area contributed by atoms with Crippen LogP contribution in [0.4, 0.5) is 0 Å². The van der Waals surface area contributed by atoms with Crippen molar-refractivity contribution < 1.29 is 0 Å². The molecule has 0 radical (unpaired) electrons. The Morgan fingerprint density at radius 1 is 1.08 bits per heavy atom. The van der Waals surface area contributed by atoms with Gasteiger partial charge in [-0.1, -0.05) is 57.1 Å². The molecule has 74 valence electrons. The van der Waals surface area contributed by atoms with Crippen LogP contribution in [-0.2, 0) is 0 Å². The molecule has 0 heteroatoms. The van der Waals surface area contributed by atoms with Crippen LogP contribution in [-0.4, -0.2) is 0 Å². The van der Waals surface area contributed by atoms with Gasteiger partial charge in [0, 0.05) is 0 Å². The van der Waals surface area contributed by atoms with E-state index in [0.717, 1.165) is 12.8 Å². The van der Waals surface area contributed by atoms with Crippen LogP contribution in [0.2, 0.25) is 0 Å². The molecule has 0 N–H and O–H groups in total. The Morgan fingerprint density at radius 3 is 2.08 bits per heavy atom. The van der Waals surface area contributed by atoms with Crippen molar-refractivity contribution in [3.8, 4) is 0 Å². The standard InChI is InChI=1S/C13H22/c1-6-8-11(3)10-13(5)12(4)9-7-2/h10H,3-4,6-9H2,1-2,5H3/b13-10+. The van der Waals surface area contributed by atoms with Crippen molar-refractivity contribution in [3.63, 3.8) is 0 Å². The summed E-state index contributed by atoms with van der Waals surface area (Å²) in [4.78, 5) is 0. The molecule has 0 nitrogen and oxygen atoms in total. The third kappa shape index (κ3) is 5.46. The lowest BCUT2D eigenvalue weighted by Gasteiger charge is -2.05. The summed E-state index contributed by atoms with van der Waals surface area (Å²) in [6.07, 6.45) is 6.70. The van der Waals surface area contributed by atoms with Gasteiger partial charge in [0.2, 0.25) is 0 Å². The highest BCUT2D eigenvalue weighted by Crippen LogP contribution is 2.16. The maximum Gasteiger partial charge on any atom is -0.0285 e. The van der Waals surface area contributed by atoms with Gasteiger partial charge in [-0.15, -0.1) is 0 Å². The Bertz CT molecular complexity index is 206. The van der Waals surface area contributed by atoms with Crippen molar-refractivity contribution in [3.05, 3.63) is 36.0 Å². The van der Waals surface area contributed by atoms with Crippen molar-refractivity contribution in [1.29, 1.82) is 0 Å². The molecule has 0 unspecified atom stereocenters. The van der Waals surface area contributed by atoms with Gasteiger partial charge in [-0.05, 0) is 25.3 Å². The van der Waals surface area contributed by atoms with Crippen LogP contribution in [0.25, 0.3) is 0 Å². The molecule has 0 heterocycles. The van der Waals surface area contributed by atoms with Crippen LogP contribution in [0.1, 0.15) is 46.5 Å². The quantitative estimate of drug-likeness (QED) is 0.519. The molecule has 0 rings (SSSR count). The van der Waals surface area contributed by atoms with E-state index in [1.54, 1.807) is 0 Å². The zero-order valence-electron chi connectivity index (χ0n) is 9.32. The topological polar surface area (TPSA) is 0 Å². The minimum atomic E-state index is 1.09. The normalized spacial score (nSPS) is 11.5. The van der Waals surface area contributed by atoms with E-state index in [4.69, 9.17) is 0 Å². The molecule has 0 amide bonds. The van der Waals surface area contributed by atoms with Crippen molar-refractivity contribution in [1.82, 2.24) is 0 Å². The summed E-state index contributed by atoms with van der Waals surface area (Å²) in [5.74, 6) is 0. The first-order valence-corrected chi connectivity index (χ1v) is 5.16. The van der Waals surface area contributed by atoms with E-state index in [-0.39, 0.29) is 0 Å². The van der Waals surface area contributed by atoms with Gasteiger partial charge in [-0.25, -0.2) is 0 Å². The molecule has 0 aromatic rings. The lowest BCUT2D eigenvalue weighted by molar-refractivity contribution is 0.906. The molecule has 0 saturated heterocycles. The predicted octanol–water partition coefficient (Wildman–Crippen LogP) is 4.65. The Labute approximate surface area is 83.0 Å². The minimum Gasteiger partial charge on any atom is -0.0958 e. The van der Waals surface area contributed by atoms with E-state index in [1.165, 1.54) is 29.6 Å². The summed E-state index contributed by atoms with van der Waals surface area (Å²) in [6, 6.07) is 0. The monoisotopic (exact) mass is 178 g/mol. The molecular formula is C13H22. The Kier molecular flexibility index (Phi) is 6.30. The van der Waals surface area contributed by atoms with E-state index in [9.17, 15) is 0 Å². The molecular weight excluding hydrogens is 156 g/mol. The maximum atomic E-state index is 4.05. The highest BCUT2D eigenvalue weighted by Gasteiger charge is 1.96. The van der Waals surface area contributed by atoms with Crippen molar-refractivity contribution >= 4 is 0 Å². The molecule has 13 heavy (non-hydrogen) atoms. The van der Waals surface area contributed by atoms with Gasteiger partial charge in [-0.3, -0.25) is 0 Å². The molecule has 0 saturated carbocycles. The number of rotatable bonds is 6. The van der Waals surface area contributed by atoms with Crippen molar-refractivity contribution in [2.45, 2.75) is 46.5 Å². The summed E-state index contributed by atoms with van der Waals surface area (Å²) in [6.45, 7) is 14.5. The van der Waals surface area contributed by atoms with Gasteiger partial charge in [0.05, 0.1) is 0 Å². The van der Waals surface area contributed by atoms with E-state index in [0.29, 0.717) is 0 Å². The van der Waals surface area contributed by atoms with Gasteiger partial charge < -0.3 is 0 Å². The molecule has 0 aliphatic carbocycles. The van der Waals surface area contributed by atoms with Gasteiger partial charge in [-0.2, -0.15) is 0 Å². The van der Waals surface area contributed by atoms with Crippen LogP contribution in [0.5, 0.6) is 0 Å². The van der Waals surface area contributed by atoms with Crippen LogP contribution in [0.15, 0.2) is 36.0 Å². The molecule has 0 fully saturated rings. The molecule has 0 aromatic heterocycles. The van der Waals surface area contributed by atoms with Gasteiger partial charge in [0.1, 0.15) is 0 Å². The predicted molar refractivity (Wildman–Crippen MR) is 61.9 cm³/mol. The molecule has 0 aliphatic rings. The van der Waals surface area contributed by atoms with Gasteiger partial charge in [0.15, 0.2) is 0 Å². The Morgan fingerprint density at radius 2 is 1.62 bits per heavy atom. The zero-order valence-corrected chi connectivity index (χ0v) is 9.32. The summed E-state index contributed by atoms with van der Waals surface area (Å²) >= 11 is 0. The largest absolute Gasteiger partial charge is 0.0958 e. The first-order valence-electron chi connectivity index (χ1n) is 5.16. The van der Waals surface area contributed by atoms with Gasteiger partial charge >= 0.3 is 0 Å². The van der Waals surface area contributed by atoms with Crippen molar-refractivity contribution in [2.75, 3.05) is 0 Å². The first kappa shape index (κ1) is 12.2. The number of hydrogen-bond donors (Lipinski definition) is 0. The van der Waals surface area contributed by atoms with Crippen LogP contribution >= 0.6 is 0 Å². The summed E-state index contributed by atoms with van der Waals surface area (Å²) in [5.41, 5.74) is 3.76. The van der Waals surface area contributed by atoms with Crippen molar-refractivity contribution in [2.24, 2.45) is 0 Å². The molecule has 0 atom stereocenters. The lowest BCUT2D eigenvalue weighted by atomic mass is 10.0. The minimum absolute atomic E-state index is 1.09. The highest BCUT2D eigenvalue weighted by atomic mass is 14.0. The molecule has 0 bridgehead atoms. The Balaban J connectivity index is 4.14. The zero-order chi connectivity index (χ0) is 10.3. The highest BCUT2D eigenvalue weighted by molar-refractivity contribution is 5.32. The average Bonchev–Trinajstić information content (AvgIpc) is 2.05. The number of hydrogen-bond acceptors (Lipinski definition) is 0. The van der Waals surface area contributed by atoms with E-state index >= 15 is 0 Å². The second-order valence-electron chi connectivity index (χ2n) is 3.59. The first-order chi connectivity index (χ1) is 6.11. The third-order valence-electron chi connectivity index (χ3n) is 2.10. The van der Waals surface area contributed by atoms with Crippen LogP contribution in [0.3, 0.4) is 0 Å². The fraction of sp³-hybridized carbons (Fsp3) is 0.538. The Hall–Kier alpha value is -0.780. The van der Waals surface area contributed by atoms with E-state index in [2.05, 4.69) is 40.0 Å². The van der Waals surface area contributed by atoms with E-state index in [1.807, 2.05) is 0 Å². The third-order valence-corrected chi connectivity index (χ3v) is 2.10. The fourth-order valence-electron chi connectivity index (χ4n) is 1.30. The summed E-state index contributed by atoms with van der Waals surface area (Å²) < 4.78 is 0. The molecule has 0 aliphatic heterocycles.